The number of methoxy groups -OCH3 is 1. The highest BCUT2D eigenvalue weighted by atomic mass is 16.5. The summed E-state index contributed by atoms with van der Waals surface area (Å²) < 4.78 is 6.54. The lowest BCUT2D eigenvalue weighted by Gasteiger charge is -1.93. The molecule has 0 amide bonds. The van der Waals surface area contributed by atoms with E-state index in [4.69, 9.17) is 4.74 Å². The number of hydrogen-bond acceptors (Lipinski definition) is 2. The molecule has 0 spiro atoms. The van der Waals surface area contributed by atoms with Crippen molar-refractivity contribution in [3.8, 4) is 0 Å². The topological polar surface area (TPSA) is 31.2 Å². The van der Waals surface area contributed by atoms with Gasteiger partial charge in [-0.2, -0.15) is 0 Å². The highest BCUT2D eigenvalue weighted by molar-refractivity contribution is 5.96. The van der Waals surface area contributed by atoms with Crippen LogP contribution in [-0.2, 0) is 11.8 Å². The van der Waals surface area contributed by atoms with Gasteiger partial charge in [0.05, 0.1) is 0 Å². The molecule has 1 rings (SSSR count). The molecule has 0 saturated carbocycles. The Balaban J connectivity index is 2.69. The summed E-state index contributed by atoms with van der Waals surface area (Å²) in [5.74, 6) is 0.0214. The predicted octanol–water partition coefficient (Wildman–Crippen LogP) is 0.854. The van der Waals surface area contributed by atoms with Gasteiger partial charge >= 0.3 is 0 Å². The summed E-state index contributed by atoms with van der Waals surface area (Å²) >= 11 is 0. The van der Waals surface area contributed by atoms with Crippen molar-refractivity contribution < 1.29 is 9.53 Å². The van der Waals surface area contributed by atoms with Crippen LogP contribution in [0.25, 0.3) is 0 Å². The first kappa shape index (κ1) is 8.01. The number of ether oxygens (including phenoxy) is 1. The predicted molar refractivity (Wildman–Crippen MR) is 41.6 cm³/mol. The van der Waals surface area contributed by atoms with E-state index in [1.807, 2.05) is 17.8 Å². The Labute approximate surface area is 65.6 Å². The summed E-state index contributed by atoms with van der Waals surface area (Å²) in [5.41, 5.74) is 0.703. The number of carbonyl (C=O) groups excluding carboxylic acids is 1. The Hall–Kier alpha value is -1.09. The van der Waals surface area contributed by atoms with Gasteiger partial charge in [-0.3, -0.25) is 4.79 Å². The first-order valence-electron chi connectivity index (χ1n) is 3.38. The fraction of sp³-hybridized carbons (Fsp3) is 0.375. The summed E-state index contributed by atoms with van der Waals surface area (Å²) in [5, 5.41) is 0. The molecule has 60 valence electrons. The second-order valence-electron chi connectivity index (χ2n) is 2.42. The smallest absolute Gasteiger partial charge is 0.189 e. The highest BCUT2D eigenvalue weighted by Gasteiger charge is 2.04. The van der Waals surface area contributed by atoms with Crippen molar-refractivity contribution in [2.75, 3.05) is 13.7 Å². The third kappa shape index (κ3) is 1.91. The van der Waals surface area contributed by atoms with Gasteiger partial charge in [0, 0.05) is 32.1 Å². The third-order valence-corrected chi connectivity index (χ3v) is 1.43. The van der Waals surface area contributed by atoms with E-state index in [0.717, 1.165) is 0 Å². The largest absolute Gasteiger partial charge is 0.377 e. The molecule has 0 aliphatic heterocycles. The van der Waals surface area contributed by atoms with Crippen molar-refractivity contribution in [2.45, 2.75) is 0 Å². The van der Waals surface area contributed by atoms with Crippen LogP contribution in [0.15, 0.2) is 18.5 Å². The lowest BCUT2D eigenvalue weighted by molar-refractivity contribution is 0.0848. The minimum absolute atomic E-state index is 0.0214. The van der Waals surface area contributed by atoms with E-state index in [0.29, 0.717) is 5.56 Å². The third-order valence-electron chi connectivity index (χ3n) is 1.43. The number of carbonyl (C=O) groups is 1. The summed E-state index contributed by atoms with van der Waals surface area (Å²) in [6, 6.07) is 1.78. The average Bonchev–Trinajstić information content (AvgIpc) is 2.36. The maximum absolute atomic E-state index is 11.1. The molecule has 0 saturated heterocycles. The quantitative estimate of drug-likeness (QED) is 0.603. The van der Waals surface area contributed by atoms with E-state index in [9.17, 15) is 4.79 Å². The van der Waals surface area contributed by atoms with E-state index in [1.54, 1.807) is 12.3 Å². The lowest BCUT2D eigenvalue weighted by Crippen LogP contribution is -2.05. The lowest BCUT2D eigenvalue weighted by atomic mass is 10.2. The first-order chi connectivity index (χ1) is 5.24. The molecule has 0 N–H and O–H groups in total. The molecule has 1 aromatic rings. The molecule has 0 aliphatic carbocycles. The molecule has 0 bridgehead atoms. The van der Waals surface area contributed by atoms with Gasteiger partial charge in [-0.15, -0.1) is 0 Å². The Morgan fingerprint density at radius 3 is 2.91 bits per heavy atom. The van der Waals surface area contributed by atoms with Crippen molar-refractivity contribution >= 4 is 5.78 Å². The number of hydrogen-bond donors (Lipinski definition) is 0. The molecule has 1 aromatic heterocycles. The van der Waals surface area contributed by atoms with E-state index >= 15 is 0 Å². The minimum atomic E-state index is 0.0214. The van der Waals surface area contributed by atoms with Crippen LogP contribution in [0.1, 0.15) is 10.4 Å². The number of nitrogens with zero attached hydrogens (tertiary/aromatic N) is 1. The number of aromatic nitrogens is 1. The molecule has 11 heavy (non-hydrogen) atoms. The number of ketones is 1. The standard InChI is InChI=1S/C8H11NO2/c1-9-4-3-7(5-9)8(10)6-11-2/h3-5H,6H2,1-2H3. The van der Waals surface area contributed by atoms with Crippen LogP contribution in [0.5, 0.6) is 0 Å². The molecule has 0 fully saturated rings. The van der Waals surface area contributed by atoms with E-state index in [2.05, 4.69) is 0 Å². The first-order valence-corrected chi connectivity index (χ1v) is 3.38. The normalized spacial score (nSPS) is 10.0. The monoisotopic (exact) mass is 153 g/mol. The molecular weight excluding hydrogens is 142 g/mol. The highest BCUT2D eigenvalue weighted by Crippen LogP contribution is 2.00. The van der Waals surface area contributed by atoms with Crippen LogP contribution in [0.4, 0.5) is 0 Å². The molecule has 3 nitrogen and oxygen atoms in total. The van der Waals surface area contributed by atoms with Crippen LogP contribution in [0.2, 0.25) is 0 Å². The van der Waals surface area contributed by atoms with Crippen molar-refractivity contribution in [3.63, 3.8) is 0 Å². The van der Waals surface area contributed by atoms with Gasteiger partial charge in [0.1, 0.15) is 6.61 Å². The zero-order chi connectivity index (χ0) is 8.27. The van der Waals surface area contributed by atoms with Gasteiger partial charge in [-0.05, 0) is 6.07 Å². The van der Waals surface area contributed by atoms with E-state index < -0.39 is 0 Å². The fourth-order valence-corrected chi connectivity index (χ4v) is 0.883. The Morgan fingerprint density at radius 1 is 1.73 bits per heavy atom. The molecule has 1 heterocycles. The SMILES string of the molecule is COCC(=O)c1ccn(C)c1. The summed E-state index contributed by atoms with van der Waals surface area (Å²) in [6.07, 6.45) is 3.62. The van der Waals surface area contributed by atoms with Crippen molar-refractivity contribution in [2.24, 2.45) is 7.05 Å². The minimum Gasteiger partial charge on any atom is -0.377 e. The van der Waals surface area contributed by atoms with Crippen molar-refractivity contribution in [1.29, 1.82) is 0 Å². The van der Waals surface area contributed by atoms with E-state index in [-0.39, 0.29) is 12.4 Å². The second-order valence-corrected chi connectivity index (χ2v) is 2.42. The summed E-state index contributed by atoms with van der Waals surface area (Å²) in [4.78, 5) is 11.1. The zero-order valence-corrected chi connectivity index (χ0v) is 6.70. The van der Waals surface area contributed by atoms with Gasteiger partial charge in [0.15, 0.2) is 5.78 Å². The van der Waals surface area contributed by atoms with Crippen molar-refractivity contribution in [1.82, 2.24) is 4.57 Å². The second kappa shape index (κ2) is 3.34. The molecular formula is C8H11NO2. The number of aryl methyl sites for hydroxylation is 1. The van der Waals surface area contributed by atoms with Crippen molar-refractivity contribution in [3.05, 3.63) is 24.0 Å². The summed E-state index contributed by atoms with van der Waals surface area (Å²) in [6.45, 7) is 0.157. The Kier molecular flexibility index (Phi) is 2.44. The molecule has 3 heteroatoms. The fourth-order valence-electron chi connectivity index (χ4n) is 0.883. The summed E-state index contributed by atoms with van der Waals surface area (Å²) in [7, 11) is 3.39. The van der Waals surface area contributed by atoms with Crippen LogP contribution >= 0.6 is 0 Å². The maximum atomic E-state index is 11.1. The molecule has 0 radical (unpaired) electrons. The molecule has 0 aliphatic rings. The molecule has 0 atom stereocenters. The van der Waals surface area contributed by atoms with Gasteiger partial charge in [0.2, 0.25) is 0 Å². The Bertz CT molecular complexity index is 252. The van der Waals surface area contributed by atoms with Crippen LogP contribution in [0, 0.1) is 0 Å². The molecule has 0 unspecified atom stereocenters. The molecule has 0 aromatic carbocycles. The van der Waals surface area contributed by atoms with Crippen LogP contribution < -0.4 is 0 Å². The average molecular weight is 153 g/mol. The Morgan fingerprint density at radius 2 is 2.45 bits per heavy atom. The van der Waals surface area contributed by atoms with Crippen LogP contribution in [0.3, 0.4) is 0 Å². The number of Topliss-reactive ketones (excluding diaryl/α,β-unsaturated/α-hetero) is 1. The zero-order valence-electron chi connectivity index (χ0n) is 6.70. The van der Waals surface area contributed by atoms with E-state index in [1.165, 1.54) is 7.11 Å². The van der Waals surface area contributed by atoms with Gasteiger partial charge < -0.3 is 9.30 Å². The van der Waals surface area contributed by atoms with Gasteiger partial charge in [-0.1, -0.05) is 0 Å². The van der Waals surface area contributed by atoms with Gasteiger partial charge in [0.25, 0.3) is 0 Å². The maximum Gasteiger partial charge on any atom is 0.189 e. The van der Waals surface area contributed by atoms with Crippen LogP contribution in [-0.4, -0.2) is 24.1 Å². The number of rotatable bonds is 3. The van der Waals surface area contributed by atoms with Gasteiger partial charge in [-0.25, -0.2) is 0 Å².